The maximum atomic E-state index is 5.42. The molecule has 3 N–H and O–H groups in total. The molecular formula is C10H19N5S. The van der Waals surface area contributed by atoms with E-state index < -0.39 is 0 Å². The third kappa shape index (κ3) is 2.90. The number of rotatable bonds is 7. The van der Waals surface area contributed by atoms with Crippen LogP contribution >= 0.6 is 11.5 Å². The topological polar surface area (TPSA) is 67.1 Å². The standard InChI is InChI=1S/C10H19N5S/c1-2-3-6-15(8-4-5-8)7-9-10(12-11)16-14-13-9/h8,12H,2-7,11H2,1H3. The highest BCUT2D eigenvalue weighted by Gasteiger charge is 2.29. The molecule has 0 aliphatic heterocycles. The molecule has 1 aliphatic carbocycles. The van der Waals surface area contributed by atoms with Gasteiger partial charge in [0.15, 0.2) is 0 Å². The van der Waals surface area contributed by atoms with Crippen LogP contribution in [0.2, 0.25) is 0 Å². The molecular weight excluding hydrogens is 222 g/mol. The molecule has 16 heavy (non-hydrogen) atoms. The minimum absolute atomic E-state index is 0.763. The molecule has 1 saturated carbocycles. The van der Waals surface area contributed by atoms with Crippen LogP contribution in [0.3, 0.4) is 0 Å². The molecule has 90 valence electrons. The summed E-state index contributed by atoms with van der Waals surface area (Å²) in [5.41, 5.74) is 3.65. The molecule has 6 heteroatoms. The molecule has 0 spiro atoms. The highest BCUT2D eigenvalue weighted by atomic mass is 32.1. The van der Waals surface area contributed by atoms with Crippen molar-refractivity contribution in [2.75, 3.05) is 12.0 Å². The normalized spacial score (nSPS) is 15.7. The Kier molecular flexibility index (Phi) is 4.09. The van der Waals surface area contributed by atoms with Gasteiger partial charge in [-0.1, -0.05) is 17.8 Å². The number of nitrogen functional groups attached to an aromatic ring is 1. The molecule has 0 saturated heterocycles. The highest BCUT2D eigenvalue weighted by Crippen LogP contribution is 2.29. The number of hydrazine groups is 1. The second-order valence-corrected chi connectivity index (χ2v) is 5.00. The Bertz CT molecular complexity index is 323. The van der Waals surface area contributed by atoms with Gasteiger partial charge in [-0.2, -0.15) is 0 Å². The molecule has 1 aromatic heterocycles. The van der Waals surface area contributed by atoms with Crippen molar-refractivity contribution in [2.45, 2.75) is 45.2 Å². The van der Waals surface area contributed by atoms with Gasteiger partial charge < -0.3 is 5.43 Å². The first-order valence-electron chi connectivity index (χ1n) is 5.87. The van der Waals surface area contributed by atoms with Crippen LogP contribution in [0, 0.1) is 0 Å². The molecule has 0 bridgehead atoms. The van der Waals surface area contributed by atoms with Gasteiger partial charge in [-0.3, -0.25) is 4.90 Å². The van der Waals surface area contributed by atoms with E-state index >= 15 is 0 Å². The molecule has 1 heterocycles. The van der Waals surface area contributed by atoms with Crippen LogP contribution in [0.1, 0.15) is 38.3 Å². The average molecular weight is 241 g/mol. The molecule has 0 aromatic carbocycles. The van der Waals surface area contributed by atoms with Crippen LogP contribution in [0.4, 0.5) is 5.00 Å². The lowest BCUT2D eigenvalue weighted by Gasteiger charge is -2.20. The minimum atomic E-state index is 0.763. The Morgan fingerprint density at radius 1 is 1.56 bits per heavy atom. The monoisotopic (exact) mass is 241 g/mol. The van der Waals surface area contributed by atoms with Crippen molar-refractivity contribution in [2.24, 2.45) is 5.84 Å². The van der Waals surface area contributed by atoms with Gasteiger partial charge >= 0.3 is 0 Å². The molecule has 0 radical (unpaired) electrons. The third-order valence-corrected chi connectivity index (χ3v) is 3.60. The number of nitrogens with zero attached hydrogens (tertiary/aromatic N) is 3. The summed E-state index contributed by atoms with van der Waals surface area (Å²) in [5.74, 6) is 5.42. The maximum absolute atomic E-state index is 5.42. The summed E-state index contributed by atoms with van der Waals surface area (Å²) in [6.45, 7) is 4.26. The van der Waals surface area contributed by atoms with Crippen LogP contribution in [0.15, 0.2) is 0 Å². The van der Waals surface area contributed by atoms with E-state index in [0.29, 0.717) is 0 Å². The first-order chi connectivity index (χ1) is 7.85. The van der Waals surface area contributed by atoms with Gasteiger partial charge in [0.25, 0.3) is 0 Å². The van der Waals surface area contributed by atoms with Crippen molar-refractivity contribution in [3.05, 3.63) is 5.69 Å². The Balaban J connectivity index is 1.94. The second-order valence-electron chi connectivity index (χ2n) is 4.25. The van der Waals surface area contributed by atoms with Crippen LogP contribution in [0.5, 0.6) is 0 Å². The smallest absolute Gasteiger partial charge is 0.148 e. The number of aromatic nitrogens is 2. The zero-order valence-electron chi connectivity index (χ0n) is 9.65. The zero-order valence-corrected chi connectivity index (χ0v) is 10.5. The molecule has 1 fully saturated rings. The number of nitrogens with two attached hydrogens (primary N) is 1. The van der Waals surface area contributed by atoms with E-state index in [0.717, 1.165) is 29.8 Å². The number of hydrogen-bond donors (Lipinski definition) is 2. The van der Waals surface area contributed by atoms with Gasteiger partial charge in [0.1, 0.15) is 10.7 Å². The Hall–Kier alpha value is -0.720. The fourth-order valence-electron chi connectivity index (χ4n) is 1.81. The molecule has 0 amide bonds. The van der Waals surface area contributed by atoms with E-state index in [-0.39, 0.29) is 0 Å². The summed E-state index contributed by atoms with van der Waals surface area (Å²) in [4.78, 5) is 2.50. The largest absolute Gasteiger partial charge is 0.313 e. The fourth-order valence-corrected chi connectivity index (χ4v) is 2.29. The van der Waals surface area contributed by atoms with Gasteiger partial charge in [-0.15, -0.1) is 5.10 Å². The first kappa shape index (κ1) is 11.8. The maximum Gasteiger partial charge on any atom is 0.148 e. The van der Waals surface area contributed by atoms with Crippen molar-refractivity contribution in [3.63, 3.8) is 0 Å². The SMILES string of the molecule is CCCCN(Cc1nnsc1NN)C1CC1. The Labute approximate surface area is 100 Å². The summed E-state index contributed by atoms with van der Waals surface area (Å²) in [6, 6.07) is 0.763. The van der Waals surface area contributed by atoms with Crippen molar-refractivity contribution in [1.82, 2.24) is 14.5 Å². The van der Waals surface area contributed by atoms with E-state index in [2.05, 4.69) is 26.8 Å². The summed E-state index contributed by atoms with van der Waals surface area (Å²) in [6.07, 6.45) is 5.14. The molecule has 0 unspecified atom stereocenters. The van der Waals surface area contributed by atoms with Crippen LogP contribution in [-0.2, 0) is 6.54 Å². The summed E-state index contributed by atoms with van der Waals surface area (Å²) in [5, 5.41) is 5.02. The molecule has 1 aromatic rings. The van der Waals surface area contributed by atoms with Crippen LogP contribution < -0.4 is 11.3 Å². The van der Waals surface area contributed by atoms with Gasteiger partial charge in [0.2, 0.25) is 0 Å². The highest BCUT2D eigenvalue weighted by molar-refractivity contribution is 7.10. The van der Waals surface area contributed by atoms with Gasteiger partial charge in [-0.25, -0.2) is 5.84 Å². The lowest BCUT2D eigenvalue weighted by molar-refractivity contribution is 0.248. The molecule has 1 aliphatic rings. The molecule has 2 rings (SSSR count). The zero-order chi connectivity index (χ0) is 11.4. The van der Waals surface area contributed by atoms with E-state index in [1.807, 2.05) is 0 Å². The number of hydrogen-bond acceptors (Lipinski definition) is 6. The number of anilines is 1. The number of unbranched alkanes of at least 4 members (excludes halogenated alkanes) is 1. The molecule has 0 atom stereocenters. The fraction of sp³-hybridized carbons (Fsp3) is 0.800. The Morgan fingerprint density at radius 3 is 3.00 bits per heavy atom. The minimum Gasteiger partial charge on any atom is -0.313 e. The second kappa shape index (κ2) is 5.56. The summed E-state index contributed by atoms with van der Waals surface area (Å²) in [7, 11) is 0. The third-order valence-electron chi connectivity index (χ3n) is 2.90. The quantitative estimate of drug-likeness (QED) is 0.560. The lowest BCUT2D eigenvalue weighted by Crippen LogP contribution is -2.27. The van der Waals surface area contributed by atoms with Crippen LogP contribution in [-0.4, -0.2) is 27.1 Å². The first-order valence-corrected chi connectivity index (χ1v) is 6.64. The van der Waals surface area contributed by atoms with E-state index in [4.69, 9.17) is 5.84 Å². The van der Waals surface area contributed by atoms with E-state index in [1.54, 1.807) is 0 Å². The van der Waals surface area contributed by atoms with E-state index in [9.17, 15) is 0 Å². The van der Waals surface area contributed by atoms with Crippen molar-refractivity contribution in [3.8, 4) is 0 Å². The lowest BCUT2D eigenvalue weighted by atomic mass is 10.3. The predicted octanol–water partition coefficient (Wildman–Crippen LogP) is 1.59. The van der Waals surface area contributed by atoms with Gasteiger partial charge in [0, 0.05) is 24.1 Å². The average Bonchev–Trinajstić information content (AvgIpc) is 3.05. The van der Waals surface area contributed by atoms with Crippen molar-refractivity contribution in [1.29, 1.82) is 0 Å². The number of nitrogens with one attached hydrogen (secondary N) is 1. The van der Waals surface area contributed by atoms with Crippen molar-refractivity contribution < 1.29 is 0 Å². The van der Waals surface area contributed by atoms with E-state index in [1.165, 1.54) is 37.2 Å². The predicted molar refractivity (Wildman–Crippen MR) is 66.1 cm³/mol. The van der Waals surface area contributed by atoms with Crippen molar-refractivity contribution >= 4 is 16.5 Å². The Morgan fingerprint density at radius 2 is 2.38 bits per heavy atom. The molecule has 5 nitrogen and oxygen atoms in total. The summed E-state index contributed by atoms with van der Waals surface area (Å²) < 4.78 is 3.93. The van der Waals surface area contributed by atoms with Gasteiger partial charge in [-0.05, 0) is 25.8 Å². The summed E-state index contributed by atoms with van der Waals surface area (Å²) >= 11 is 1.32. The van der Waals surface area contributed by atoms with Crippen LogP contribution in [0.25, 0.3) is 0 Å². The van der Waals surface area contributed by atoms with Gasteiger partial charge in [0.05, 0.1) is 0 Å².